The Bertz CT molecular complexity index is 1150. The van der Waals surface area contributed by atoms with Crippen LogP contribution in [-0.4, -0.2) is 34.9 Å². The van der Waals surface area contributed by atoms with E-state index in [9.17, 15) is 14.4 Å². The molecule has 7 nitrogen and oxygen atoms in total. The summed E-state index contributed by atoms with van der Waals surface area (Å²) in [4.78, 5) is 40.8. The number of hydrogen-bond donors (Lipinski definition) is 2. The van der Waals surface area contributed by atoms with Gasteiger partial charge in [0.15, 0.2) is 12.1 Å². The van der Waals surface area contributed by atoms with Gasteiger partial charge < -0.3 is 15.4 Å². The van der Waals surface area contributed by atoms with Crippen molar-refractivity contribution in [3.05, 3.63) is 88.1 Å². The van der Waals surface area contributed by atoms with Gasteiger partial charge in [0, 0.05) is 11.7 Å². The standard InChI is InChI=1S/C26H27N3O4S/c1-3-17(2)27-25(31)22-23(33-26(32)29(22)16-18-9-5-4-6-10-18)19-11-7-12-20(15-19)28-24(30)21-13-8-14-34-21/h4-15,17,22-23H,3,16H2,1-2H3,(H,27,31)(H,28,30). The van der Waals surface area contributed by atoms with Crippen LogP contribution in [0.1, 0.15) is 47.2 Å². The predicted molar refractivity (Wildman–Crippen MR) is 132 cm³/mol. The highest BCUT2D eigenvalue weighted by molar-refractivity contribution is 7.12. The molecule has 4 rings (SSSR count). The van der Waals surface area contributed by atoms with E-state index in [4.69, 9.17) is 4.74 Å². The van der Waals surface area contributed by atoms with Crippen molar-refractivity contribution >= 4 is 34.9 Å². The SMILES string of the molecule is CCC(C)NC(=O)C1C(c2cccc(NC(=O)c3cccs3)c2)OC(=O)N1Cc1ccccc1. The molecular weight excluding hydrogens is 450 g/mol. The molecule has 1 aromatic heterocycles. The van der Waals surface area contributed by atoms with Crippen molar-refractivity contribution in [2.75, 3.05) is 5.32 Å². The van der Waals surface area contributed by atoms with Crippen LogP contribution in [0.2, 0.25) is 0 Å². The molecule has 1 aliphatic heterocycles. The maximum Gasteiger partial charge on any atom is 0.411 e. The normalized spacial score (nSPS) is 18.3. The highest BCUT2D eigenvalue weighted by Crippen LogP contribution is 2.35. The molecule has 1 fully saturated rings. The van der Waals surface area contributed by atoms with Crippen LogP contribution in [0.4, 0.5) is 10.5 Å². The van der Waals surface area contributed by atoms with E-state index in [2.05, 4.69) is 10.6 Å². The number of cyclic esters (lactones) is 1. The molecule has 8 heteroatoms. The molecule has 0 aliphatic carbocycles. The van der Waals surface area contributed by atoms with Gasteiger partial charge in [0.1, 0.15) is 0 Å². The number of hydrogen-bond acceptors (Lipinski definition) is 5. The summed E-state index contributed by atoms with van der Waals surface area (Å²) >= 11 is 1.35. The number of thiophene rings is 1. The van der Waals surface area contributed by atoms with Crippen molar-refractivity contribution in [2.45, 2.75) is 45.0 Å². The average Bonchev–Trinajstić information content (AvgIpc) is 3.49. The zero-order valence-electron chi connectivity index (χ0n) is 19.1. The first-order valence-corrected chi connectivity index (χ1v) is 12.1. The lowest BCUT2D eigenvalue weighted by molar-refractivity contribution is -0.127. The van der Waals surface area contributed by atoms with Gasteiger partial charge in [-0.3, -0.25) is 14.5 Å². The number of carbonyl (C=O) groups is 3. The Morgan fingerprint density at radius 2 is 1.88 bits per heavy atom. The molecule has 34 heavy (non-hydrogen) atoms. The number of ether oxygens (including phenoxy) is 1. The lowest BCUT2D eigenvalue weighted by atomic mass is 9.99. The first-order chi connectivity index (χ1) is 16.5. The lowest BCUT2D eigenvalue weighted by Gasteiger charge is -2.25. The second-order valence-electron chi connectivity index (χ2n) is 8.24. The number of nitrogens with one attached hydrogen (secondary N) is 2. The van der Waals surface area contributed by atoms with Crippen LogP contribution < -0.4 is 10.6 Å². The van der Waals surface area contributed by atoms with Crippen LogP contribution in [0.25, 0.3) is 0 Å². The highest BCUT2D eigenvalue weighted by atomic mass is 32.1. The number of rotatable bonds is 8. The zero-order valence-corrected chi connectivity index (χ0v) is 19.9. The minimum Gasteiger partial charge on any atom is -0.438 e. The Hall–Kier alpha value is -3.65. The van der Waals surface area contributed by atoms with E-state index < -0.39 is 18.2 Å². The molecule has 3 unspecified atom stereocenters. The van der Waals surface area contributed by atoms with E-state index in [-0.39, 0.29) is 24.4 Å². The molecule has 2 aromatic carbocycles. The second-order valence-corrected chi connectivity index (χ2v) is 9.19. The minimum atomic E-state index is -0.843. The van der Waals surface area contributed by atoms with Gasteiger partial charge in [0.25, 0.3) is 5.91 Å². The van der Waals surface area contributed by atoms with Gasteiger partial charge in [0.2, 0.25) is 5.91 Å². The third-order valence-corrected chi connectivity index (χ3v) is 6.64. The first kappa shape index (κ1) is 23.5. The van der Waals surface area contributed by atoms with Gasteiger partial charge >= 0.3 is 6.09 Å². The number of amides is 3. The van der Waals surface area contributed by atoms with Crippen molar-refractivity contribution < 1.29 is 19.1 Å². The number of benzene rings is 2. The summed E-state index contributed by atoms with van der Waals surface area (Å²) < 4.78 is 5.73. The third kappa shape index (κ3) is 5.28. The molecule has 176 valence electrons. The van der Waals surface area contributed by atoms with Gasteiger partial charge in [-0.2, -0.15) is 0 Å². The summed E-state index contributed by atoms with van der Waals surface area (Å²) in [5.41, 5.74) is 2.10. The third-order valence-electron chi connectivity index (χ3n) is 5.77. The summed E-state index contributed by atoms with van der Waals surface area (Å²) in [6.45, 7) is 4.16. The van der Waals surface area contributed by atoms with Crippen LogP contribution >= 0.6 is 11.3 Å². The van der Waals surface area contributed by atoms with Crippen molar-refractivity contribution in [3.63, 3.8) is 0 Å². The average molecular weight is 478 g/mol. The number of nitrogens with zero attached hydrogens (tertiary/aromatic N) is 1. The Morgan fingerprint density at radius 1 is 1.09 bits per heavy atom. The summed E-state index contributed by atoms with van der Waals surface area (Å²) in [6, 6.07) is 19.3. The first-order valence-electron chi connectivity index (χ1n) is 11.2. The van der Waals surface area contributed by atoms with Crippen LogP contribution in [-0.2, 0) is 16.1 Å². The Balaban J connectivity index is 1.61. The minimum absolute atomic E-state index is 0.0427. The monoisotopic (exact) mass is 477 g/mol. The quantitative estimate of drug-likeness (QED) is 0.479. The summed E-state index contributed by atoms with van der Waals surface area (Å²) in [6.07, 6.45) is -0.592. The fourth-order valence-electron chi connectivity index (χ4n) is 3.81. The summed E-state index contributed by atoms with van der Waals surface area (Å²) in [7, 11) is 0. The molecule has 2 heterocycles. The molecule has 3 atom stereocenters. The van der Waals surface area contributed by atoms with E-state index in [1.54, 1.807) is 30.3 Å². The molecule has 1 aliphatic rings. The van der Waals surface area contributed by atoms with E-state index >= 15 is 0 Å². The van der Waals surface area contributed by atoms with Crippen molar-refractivity contribution in [1.29, 1.82) is 0 Å². The number of carbonyl (C=O) groups excluding carboxylic acids is 3. The van der Waals surface area contributed by atoms with E-state index in [1.807, 2.05) is 55.6 Å². The molecular formula is C26H27N3O4S. The summed E-state index contributed by atoms with van der Waals surface area (Å²) in [5.74, 6) is -0.485. The molecule has 3 amide bonds. The highest BCUT2D eigenvalue weighted by Gasteiger charge is 2.47. The second kappa shape index (κ2) is 10.5. The van der Waals surface area contributed by atoms with Crippen molar-refractivity contribution in [3.8, 4) is 0 Å². The maximum atomic E-state index is 13.3. The largest absolute Gasteiger partial charge is 0.438 e. The van der Waals surface area contributed by atoms with Crippen LogP contribution in [0.3, 0.4) is 0 Å². The van der Waals surface area contributed by atoms with E-state index in [0.717, 1.165) is 12.0 Å². The molecule has 0 spiro atoms. The molecule has 1 saturated heterocycles. The fourth-order valence-corrected chi connectivity index (χ4v) is 4.43. The topological polar surface area (TPSA) is 87.7 Å². The maximum absolute atomic E-state index is 13.3. The fraction of sp³-hybridized carbons (Fsp3) is 0.269. The molecule has 0 radical (unpaired) electrons. The summed E-state index contributed by atoms with van der Waals surface area (Å²) in [5, 5.41) is 7.70. The van der Waals surface area contributed by atoms with Gasteiger partial charge in [-0.05, 0) is 48.1 Å². The van der Waals surface area contributed by atoms with Crippen LogP contribution in [0, 0.1) is 0 Å². The Labute approximate surface area is 202 Å². The van der Waals surface area contributed by atoms with Gasteiger partial charge in [-0.25, -0.2) is 4.79 Å². The van der Waals surface area contributed by atoms with Crippen LogP contribution in [0.15, 0.2) is 72.1 Å². The van der Waals surface area contributed by atoms with Gasteiger partial charge in [-0.15, -0.1) is 11.3 Å². The van der Waals surface area contributed by atoms with Crippen LogP contribution in [0.5, 0.6) is 0 Å². The molecule has 3 aromatic rings. The van der Waals surface area contributed by atoms with Gasteiger partial charge in [-0.1, -0.05) is 55.5 Å². The van der Waals surface area contributed by atoms with Crippen molar-refractivity contribution in [2.24, 2.45) is 0 Å². The van der Waals surface area contributed by atoms with E-state index in [1.165, 1.54) is 16.2 Å². The molecule has 0 bridgehead atoms. The van der Waals surface area contributed by atoms with E-state index in [0.29, 0.717) is 16.1 Å². The predicted octanol–water partition coefficient (Wildman–Crippen LogP) is 4.98. The Kier molecular flexibility index (Phi) is 7.27. The lowest BCUT2D eigenvalue weighted by Crippen LogP contribution is -2.48. The zero-order chi connectivity index (χ0) is 24.1. The molecule has 2 N–H and O–H groups in total. The molecule has 0 saturated carbocycles. The van der Waals surface area contributed by atoms with Gasteiger partial charge in [0.05, 0.1) is 11.4 Å². The smallest absolute Gasteiger partial charge is 0.411 e. The number of anilines is 1. The van der Waals surface area contributed by atoms with Crippen molar-refractivity contribution in [1.82, 2.24) is 10.2 Å². The Morgan fingerprint density at radius 3 is 2.59 bits per heavy atom.